The van der Waals surface area contributed by atoms with Crippen molar-refractivity contribution < 1.29 is 19.5 Å². The molecule has 0 saturated heterocycles. The maximum absolute atomic E-state index is 14.2. The number of aromatic nitrogens is 3. The second kappa shape index (κ2) is 12.1. The first-order valence-electron chi connectivity index (χ1n) is 15.0. The SMILES string of the molecule is N#Cc1ccc2cc3c(=O)n(-c4ccc(C(NP(=O)(O)O)(c5ccccc5)c5ccccc5)cc4)c(=O)nc-3n(-c3ccc(O)cc3)c2c1. The van der Waals surface area contributed by atoms with Gasteiger partial charge in [0.25, 0.3) is 5.56 Å². The number of benzene rings is 5. The van der Waals surface area contributed by atoms with Crippen molar-refractivity contribution in [3.05, 3.63) is 177 Å². The predicted molar refractivity (Wildman–Crippen MR) is 184 cm³/mol. The number of fused-ring (bicyclic) bond motifs is 2. The lowest BCUT2D eigenvalue weighted by Gasteiger charge is -2.37. The number of aromatic hydroxyl groups is 1. The van der Waals surface area contributed by atoms with Crippen LogP contribution < -0.4 is 16.3 Å². The molecular formula is C37H26N5O6P. The molecule has 7 rings (SSSR count). The summed E-state index contributed by atoms with van der Waals surface area (Å²) in [5, 5.41) is 22.6. The molecular weight excluding hydrogens is 641 g/mol. The Morgan fingerprint density at radius 3 is 1.84 bits per heavy atom. The average molecular weight is 668 g/mol. The quantitative estimate of drug-likeness (QED) is 0.101. The number of nitrogens with zero attached hydrogens (tertiary/aromatic N) is 4. The highest BCUT2D eigenvalue weighted by molar-refractivity contribution is 7.49. The summed E-state index contributed by atoms with van der Waals surface area (Å²) in [5.74, 6) is 0.0867. The minimum atomic E-state index is -4.85. The third-order valence-corrected chi connectivity index (χ3v) is 9.00. The Hall–Kier alpha value is -6.15. The fourth-order valence-electron chi connectivity index (χ4n) is 6.24. The molecule has 11 nitrogen and oxygen atoms in total. The van der Waals surface area contributed by atoms with Crippen molar-refractivity contribution in [2.45, 2.75) is 5.54 Å². The molecule has 0 aromatic heterocycles. The molecule has 0 aliphatic carbocycles. The van der Waals surface area contributed by atoms with E-state index in [4.69, 9.17) is 0 Å². The third kappa shape index (κ3) is 5.61. The van der Waals surface area contributed by atoms with Crippen LogP contribution in [0.2, 0.25) is 0 Å². The van der Waals surface area contributed by atoms with Gasteiger partial charge in [0.15, 0.2) is 5.82 Å². The summed E-state index contributed by atoms with van der Waals surface area (Å²) < 4.78 is 15.1. The minimum absolute atomic E-state index is 0.0226. The highest BCUT2D eigenvalue weighted by Gasteiger charge is 2.41. The maximum atomic E-state index is 14.2. The van der Waals surface area contributed by atoms with E-state index in [-0.39, 0.29) is 22.8 Å². The highest BCUT2D eigenvalue weighted by atomic mass is 31.2. The van der Waals surface area contributed by atoms with Crippen LogP contribution in [0.3, 0.4) is 0 Å². The summed E-state index contributed by atoms with van der Waals surface area (Å²) in [7, 11) is -4.85. The zero-order valence-corrected chi connectivity index (χ0v) is 26.4. The molecule has 0 spiro atoms. The van der Waals surface area contributed by atoms with Crippen molar-refractivity contribution in [1.82, 2.24) is 19.2 Å². The van der Waals surface area contributed by atoms with E-state index in [2.05, 4.69) is 16.1 Å². The normalized spacial score (nSPS) is 11.9. The molecule has 5 aromatic carbocycles. The van der Waals surface area contributed by atoms with E-state index >= 15 is 0 Å². The van der Waals surface area contributed by atoms with Gasteiger partial charge in [0.1, 0.15) is 11.3 Å². The lowest BCUT2D eigenvalue weighted by molar-refractivity contribution is 0.338. The molecule has 2 aliphatic rings. The van der Waals surface area contributed by atoms with Gasteiger partial charge in [-0.25, -0.2) is 19.0 Å². The number of phenols is 1. The van der Waals surface area contributed by atoms with Gasteiger partial charge >= 0.3 is 13.4 Å². The van der Waals surface area contributed by atoms with Crippen LogP contribution in [0.1, 0.15) is 22.3 Å². The van der Waals surface area contributed by atoms with Crippen molar-refractivity contribution in [2.24, 2.45) is 0 Å². The van der Waals surface area contributed by atoms with Gasteiger partial charge in [0, 0.05) is 5.69 Å². The van der Waals surface area contributed by atoms with E-state index in [1.54, 1.807) is 114 Å². The third-order valence-electron chi connectivity index (χ3n) is 8.37. The molecule has 2 heterocycles. The summed E-state index contributed by atoms with van der Waals surface area (Å²) in [6.45, 7) is 0. The molecule has 49 heavy (non-hydrogen) atoms. The first-order valence-corrected chi connectivity index (χ1v) is 16.6. The zero-order valence-electron chi connectivity index (χ0n) is 25.5. The van der Waals surface area contributed by atoms with Gasteiger partial charge < -0.3 is 14.9 Å². The van der Waals surface area contributed by atoms with Crippen LogP contribution in [0.5, 0.6) is 5.75 Å². The number of nitrogens with one attached hydrogen (secondary N) is 1. The van der Waals surface area contributed by atoms with Crippen LogP contribution in [0.25, 0.3) is 33.7 Å². The average Bonchev–Trinajstić information content (AvgIpc) is 3.11. The van der Waals surface area contributed by atoms with Crippen LogP contribution in [0, 0.1) is 11.3 Å². The summed E-state index contributed by atoms with van der Waals surface area (Å²) >= 11 is 0. The van der Waals surface area contributed by atoms with Gasteiger partial charge in [0.2, 0.25) is 0 Å². The monoisotopic (exact) mass is 667 g/mol. The van der Waals surface area contributed by atoms with Gasteiger partial charge in [-0.15, -0.1) is 0 Å². The predicted octanol–water partition coefficient (Wildman–Crippen LogP) is 5.19. The minimum Gasteiger partial charge on any atom is -0.508 e. The number of hydrogen-bond acceptors (Lipinski definition) is 6. The highest BCUT2D eigenvalue weighted by Crippen LogP contribution is 2.45. The van der Waals surface area contributed by atoms with E-state index < -0.39 is 24.5 Å². The molecule has 0 fully saturated rings. The standard InChI is InChI=1S/C37H26N5O6P/c38-23-24-11-12-25-22-32-34(41(33(25)21-24)29-17-19-31(43)20-18-29)39-36(45)42(35(32)44)30-15-13-28(14-16-30)37(40-49(46,47)48,26-7-3-1-4-8-26)27-9-5-2-6-10-27/h1-22,43H,(H3,40,46,47,48). The van der Waals surface area contributed by atoms with E-state index in [1.165, 1.54) is 24.3 Å². The Bertz CT molecular complexity index is 2480. The van der Waals surface area contributed by atoms with Crippen LogP contribution in [-0.4, -0.2) is 29.0 Å². The van der Waals surface area contributed by atoms with Crippen LogP contribution in [0.15, 0.2) is 143 Å². The number of nitriles is 1. The molecule has 0 radical (unpaired) electrons. The van der Waals surface area contributed by atoms with Crippen molar-refractivity contribution in [2.75, 3.05) is 0 Å². The Kier molecular flexibility index (Phi) is 7.79. The van der Waals surface area contributed by atoms with Crippen molar-refractivity contribution >= 4 is 18.6 Å². The first-order chi connectivity index (χ1) is 23.6. The lowest BCUT2D eigenvalue weighted by Crippen LogP contribution is -2.42. The fraction of sp³-hybridized carbons (Fsp3) is 0.0270. The van der Waals surface area contributed by atoms with Crippen LogP contribution in [0.4, 0.5) is 0 Å². The Labute approximate surface area is 278 Å². The van der Waals surface area contributed by atoms with E-state index in [1.807, 2.05) is 0 Å². The zero-order chi connectivity index (χ0) is 34.3. The summed E-state index contributed by atoms with van der Waals surface area (Å²) in [5.41, 5.74) is 0.245. The molecule has 0 bridgehead atoms. The number of pyridine rings is 1. The van der Waals surface area contributed by atoms with E-state index in [9.17, 15) is 34.3 Å². The van der Waals surface area contributed by atoms with Gasteiger partial charge in [-0.1, -0.05) is 78.9 Å². The number of rotatable bonds is 7. The van der Waals surface area contributed by atoms with Crippen molar-refractivity contribution in [1.29, 1.82) is 5.26 Å². The largest absolute Gasteiger partial charge is 0.508 e. The fourth-order valence-corrected chi connectivity index (χ4v) is 7.06. The van der Waals surface area contributed by atoms with Crippen LogP contribution in [-0.2, 0) is 10.1 Å². The lowest BCUT2D eigenvalue weighted by atomic mass is 9.78. The molecule has 2 aliphatic heterocycles. The topological polar surface area (TPSA) is 170 Å². The van der Waals surface area contributed by atoms with Gasteiger partial charge in [0.05, 0.1) is 28.4 Å². The molecule has 0 unspecified atom stereocenters. The number of hydrogen-bond donors (Lipinski definition) is 4. The van der Waals surface area contributed by atoms with E-state index in [0.29, 0.717) is 38.8 Å². The summed E-state index contributed by atoms with van der Waals surface area (Å²) in [6, 6.07) is 38.8. The molecule has 5 aromatic rings. The van der Waals surface area contributed by atoms with Crippen LogP contribution >= 0.6 is 7.75 Å². The molecule has 240 valence electrons. The molecule has 4 N–H and O–H groups in total. The summed E-state index contributed by atoms with van der Waals surface area (Å²) in [6.07, 6.45) is 0. The van der Waals surface area contributed by atoms with Gasteiger partial charge in [-0.2, -0.15) is 10.2 Å². The van der Waals surface area contributed by atoms with Crippen molar-refractivity contribution in [3.8, 4) is 34.6 Å². The second-order valence-electron chi connectivity index (χ2n) is 11.3. The number of phenolic OH excluding ortho intramolecular Hbond substituents is 1. The molecule has 0 amide bonds. The Balaban J connectivity index is 1.45. The second-order valence-corrected chi connectivity index (χ2v) is 12.7. The van der Waals surface area contributed by atoms with Gasteiger partial charge in [-0.3, -0.25) is 9.36 Å². The molecule has 0 atom stereocenters. The first kappa shape index (κ1) is 31.4. The Morgan fingerprint density at radius 1 is 0.714 bits per heavy atom. The smallest absolute Gasteiger partial charge is 0.401 e. The molecule has 0 saturated carbocycles. The van der Waals surface area contributed by atoms with Gasteiger partial charge in [-0.05, 0) is 76.7 Å². The van der Waals surface area contributed by atoms with Crippen molar-refractivity contribution in [3.63, 3.8) is 0 Å². The van der Waals surface area contributed by atoms with E-state index in [0.717, 1.165) is 4.57 Å². The maximum Gasteiger partial charge on any atom is 0.401 e. The molecule has 12 heteroatoms. The Morgan fingerprint density at radius 2 is 1.27 bits per heavy atom. The summed E-state index contributed by atoms with van der Waals surface area (Å²) in [4.78, 5) is 52.7.